The molecule has 22 heavy (non-hydrogen) atoms. The fourth-order valence-corrected chi connectivity index (χ4v) is 1.89. The minimum Gasteiger partial charge on any atom is -0.368 e. The first-order valence-electron chi connectivity index (χ1n) is 6.21. The second kappa shape index (κ2) is 8.63. The van der Waals surface area contributed by atoms with Crippen LogP contribution in [0.1, 0.15) is 12.5 Å². The van der Waals surface area contributed by atoms with E-state index in [0.717, 1.165) is 17.0 Å². The Bertz CT molecular complexity index is 684. The Balaban J connectivity index is 0.00000242. The van der Waals surface area contributed by atoms with Gasteiger partial charge in [-0.1, -0.05) is 47.5 Å². The average Bonchev–Trinajstić information content (AvgIpc) is 2.48. The highest BCUT2D eigenvalue weighted by Gasteiger charge is 2.02. The standard InChI is InChI=1S/C15H14Cl2N4.ClH/c1-10(11-7-8-13(16)14(17)9-11)20-21-15(18)19-12-5-3-2-4-6-12;/h2-9H,1H3,(H3,18,19,21);1H. The zero-order valence-electron chi connectivity index (χ0n) is 11.8. The molecule has 2 aromatic rings. The van der Waals surface area contributed by atoms with Crippen LogP contribution in [0.4, 0.5) is 5.69 Å². The average molecular weight is 358 g/mol. The van der Waals surface area contributed by atoms with Gasteiger partial charge in [0, 0.05) is 0 Å². The molecule has 116 valence electrons. The number of nitrogens with zero attached hydrogens (tertiary/aromatic N) is 2. The van der Waals surface area contributed by atoms with Gasteiger partial charge in [0.1, 0.15) is 0 Å². The van der Waals surface area contributed by atoms with Gasteiger partial charge in [-0.25, -0.2) is 10.4 Å². The number of aliphatic imine (C=N–C) groups is 1. The Hall–Kier alpha value is -1.75. The first kappa shape index (κ1) is 18.3. The maximum Gasteiger partial charge on any atom is 0.214 e. The Morgan fingerprint density at radius 3 is 2.36 bits per heavy atom. The van der Waals surface area contributed by atoms with E-state index in [0.29, 0.717) is 10.0 Å². The third kappa shape index (κ3) is 5.22. The summed E-state index contributed by atoms with van der Waals surface area (Å²) in [5, 5.41) is 5.16. The van der Waals surface area contributed by atoms with Gasteiger partial charge in [0.25, 0.3) is 0 Å². The largest absolute Gasteiger partial charge is 0.368 e. The normalized spacial score (nSPS) is 11.8. The summed E-state index contributed by atoms with van der Waals surface area (Å²) in [6.45, 7) is 1.84. The molecule has 0 atom stereocenters. The molecule has 0 spiro atoms. The molecule has 0 radical (unpaired) electrons. The van der Waals surface area contributed by atoms with Crippen LogP contribution in [0.5, 0.6) is 0 Å². The van der Waals surface area contributed by atoms with Crippen LogP contribution in [0.25, 0.3) is 0 Å². The summed E-state index contributed by atoms with van der Waals surface area (Å²) in [7, 11) is 0. The molecule has 4 nitrogen and oxygen atoms in total. The highest BCUT2D eigenvalue weighted by atomic mass is 35.5. The van der Waals surface area contributed by atoms with Crippen molar-refractivity contribution in [1.82, 2.24) is 5.43 Å². The number of hydrogen-bond donors (Lipinski definition) is 2. The molecule has 0 aliphatic carbocycles. The quantitative estimate of drug-likeness (QED) is 0.486. The highest BCUT2D eigenvalue weighted by molar-refractivity contribution is 6.42. The van der Waals surface area contributed by atoms with Crippen molar-refractivity contribution < 1.29 is 0 Å². The zero-order valence-corrected chi connectivity index (χ0v) is 14.1. The Labute approximate surface area is 145 Å². The van der Waals surface area contributed by atoms with Gasteiger partial charge in [0.05, 0.1) is 21.4 Å². The van der Waals surface area contributed by atoms with Crippen LogP contribution in [0.3, 0.4) is 0 Å². The summed E-state index contributed by atoms with van der Waals surface area (Å²) in [6.07, 6.45) is 0. The highest BCUT2D eigenvalue weighted by Crippen LogP contribution is 2.22. The summed E-state index contributed by atoms with van der Waals surface area (Å²) >= 11 is 11.8. The van der Waals surface area contributed by atoms with Gasteiger partial charge in [0.2, 0.25) is 5.96 Å². The third-order valence-corrected chi connectivity index (χ3v) is 3.42. The number of guanidine groups is 1. The molecule has 0 fully saturated rings. The lowest BCUT2D eigenvalue weighted by molar-refractivity contribution is 1.00. The molecule has 0 heterocycles. The number of nitrogens with one attached hydrogen (secondary N) is 1. The molecular formula is C15H15Cl3N4. The van der Waals surface area contributed by atoms with Gasteiger partial charge in [-0.05, 0) is 36.8 Å². The van der Waals surface area contributed by atoms with E-state index in [9.17, 15) is 0 Å². The summed E-state index contributed by atoms with van der Waals surface area (Å²) in [4.78, 5) is 4.19. The maximum absolute atomic E-state index is 5.97. The summed E-state index contributed by atoms with van der Waals surface area (Å²) in [5.74, 6) is 0.209. The molecule has 7 heteroatoms. The van der Waals surface area contributed by atoms with Gasteiger partial charge >= 0.3 is 0 Å². The van der Waals surface area contributed by atoms with Crippen molar-refractivity contribution in [1.29, 1.82) is 0 Å². The minimum atomic E-state index is 0. The van der Waals surface area contributed by atoms with Crippen molar-refractivity contribution >= 4 is 53.0 Å². The van der Waals surface area contributed by atoms with E-state index in [-0.39, 0.29) is 18.4 Å². The lowest BCUT2D eigenvalue weighted by Crippen LogP contribution is -2.27. The van der Waals surface area contributed by atoms with Crippen LogP contribution in [0, 0.1) is 0 Å². The van der Waals surface area contributed by atoms with Crippen molar-refractivity contribution in [3.63, 3.8) is 0 Å². The molecule has 0 amide bonds. The first-order valence-corrected chi connectivity index (χ1v) is 6.97. The Morgan fingerprint density at radius 1 is 1.05 bits per heavy atom. The first-order chi connectivity index (χ1) is 10.1. The number of nitrogens with two attached hydrogens (primary N) is 1. The monoisotopic (exact) mass is 356 g/mol. The molecule has 0 aliphatic rings. The molecule has 0 unspecified atom stereocenters. The number of hydrazone groups is 1. The second-order valence-electron chi connectivity index (χ2n) is 4.27. The molecule has 0 bridgehead atoms. The SMILES string of the molecule is CC(=NNC(N)=Nc1ccccc1)c1ccc(Cl)c(Cl)c1.Cl. The molecule has 2 aromatic carbocycles. The number of hydrogen-bond acceptors (Lipinski definition) is 2. The Kier molecular flexibility index (Phi) is 7.18. The van der Waals surface area contributed by atoms with Gasteiger partial charge < -0.3 is 5.73 Å². The fraction of sp³-hybridized carbons (Fsp3) is 0.0667. The predicted molar refractivity (Wildman–Crippen MR) is 96.8 cm³/mol. The molecule has 0 saturated heterocycles. The molecule has 0 aliphatic heterocycles. The number of benzene rings is 2. The number of para-hydroxylation sites is 1. The third-order valence-electron chi connectivity index (χ3n) is 2.68. The number of rotatable bonds is 3. The van der Waals surface area contributed by atoms with E-state index in [2.05, 4.69) is 15.5 Å². The van der Waals surface area contributed by atoms with Crippen molar-refractivity contribution in [2.75, 3.05) is 0 Å². The van der Waals surface area contributed by atoms with Crippen LogP contribution in [0.2, 0.25) is 10.0 Å². The Morgan fingerprint density at radius 2 is 1.73 bits per heavy atom. The van der Waals surface area contributed by atoms with Gasteiger partial charge in [-0.2, -0.15) is 5.10 Å². The summed E-state index contributed by atoms with van der Waals surface area (Å²) in [6, 6.07) is 14.7. The lowest BCUT2D eigenvalue weighted by atomic mass is 10.1. The van der Waals surface area contributed by atoms with Crippen LogP contribution in [-0.2, 0) is 0 Å². The lowest BCUT2D eigenvalue weighted by Gasteiger charge is -2.04. The number of halogens is 3. The van der Waals surface area contributed by atoms with Gasteiger partial charge in [0.15, 0.2) is 0 Å². The molecule has 0 aromatic heterocycles. The van der Waals surface area contributed by atoms with Crippen LogP contribution >= 0.6 is 35.6 Å². The fourth-order valence-electron chi connectivity index (χ4n) is 1.59. The van der Waals surface area contributed by atoms with Crippen LogP contribution < -0.4 is 11.2 Å². The van der Waals surface area contributed by atoms with E-state index < -0.39 is 0 Å². The zero-order chi connectivity index (χ0) is 15.2. The van der Waals surface area contributed by atoms with E-state index in [1.54, 1.807) is 12.1 Å². The van der Waals surface area contributed by atoms with Gasteiger partial charge in [-0.15, -0.1) is 12.4 Å². The van der Waals surface area contributed by atoms with Crippen LogP contribution in [0.15, 0.2) is 58.6 Å². The smallest absolute Gasteiger partial charge is 0.214 e. The van der Waals surface area contributed by atoms with Crippen molar-refractivity contribution in [2.45, 2.75) is 6.92 Å². The van der Waals surface area contributed by atoms with Crippen molar-refractivity contribution in [2.24, 2.45) is 15.8 Å². The maximum atomic E-state index is 5.97. The second-order valence-corrected chi connectivity index (χ2v) is 5.08. The topological polar surface area (TPSA) is 62.8 Å². The molecule has 2 rings (SSSR count). The van der Waals surface area contributed by atoms with E-state index in [1.165, 1.54) is 0 Å². The molecule has 0 saturated carbocycles. The van der Waals surface area contributed by atoms with Crippen molar-refractivity contribution in [3.8, 4) is 0 Å². The van der Waals surface area contributed by atoms with Crippen molar-refractivity contribution in [3.05, 3.63) is 64.1 Å². The molecular weight excluding hydrogens is 343 g/mol. The predicted octanol–water partition coefficient (Wildman–Crippen LogP) is 4.38. The molecule has 3 N–H and O–H groups in total. The van der Waals surface area contributed by atoms with E-state index in [1.807, 2.05) is 43.3 Å². The van der Waals surface area contributed by atoms with Gasteiger partial charge in [-0.3, -0.25) is 0 Å². The van der Waals surface area contributed by atoms with E-state index >= 15 is 0 Å². The summed E-state index contributed by atoms with van der Waals surface area (Å²) < 4.78 is 0. The minimum absolute atomic E-state index is 0. The summed E-state index contributed by atoms with van der Waals surface area (Å²) in [5.41, 5.74) is 10.8. The van der Waals surface area contributed by atoms with E-state index in [4.69, 9.17) is 28.9 Å². The van der Waals surface area contributed by atoms with Crippen LogP contribution in [-0.4, -0.2) is 11.7 Å².